The zero-order valence-electron chi connectivity index (χ0n) is 68.7. The van der Waals surface area contributed by atoms with Crippen LogP contribution in [-0.4, -0.2) is 59.8 Å². The zero-order chi connectivity index (χ0) is 84.8. The average molecular weight is 1640 g/mol. The van der Waals surface area contributed by atoms with Gasteiger partial charge in [0.1, 0.15) is 36.4 Å². The molecule has 4 aliphatic heterocycles. The molecule has 0 N–H and O–H groups in total. The Balaban J connectivity index is 0.0000000989. The predicted molar refractivity (Wildman–Crippen MR) is 517 cm³/mol. The van der Waals surface area contributed by atoms with Crippen LogP contribution in [0.15, 0.2) is 439 Å². The third-order valence-electron chi connectivity index (χ3n) is 23.8. The second-order valence-corrected chi connectivity index (χ2v) is 31.3. The minimum atomic E-state index is 0.726. The van der Waals surface area contributed by atoms with Crippen LogP contribution < -0.4 is 19.6 Å². The molecule has 8 aromatic heterocycles. The Labute approximate surface area is 737 Å². The van der Waals surface area contributed by atoms with Crippen LogP contribution in [0.5, 0.6) is 0 Å². The summed E-state index contributed by atoms with van der Waals surface area (Å²) in [6, 6.07) is 128. The second kappa shape index (κ2) is 32.6. The highest BCUT2D eigenvalue weighted by atomic mass is 15.2. The van der Waals surface area contributed by atoms with Crippen LogP contribution in [0.1, 0.15) is 0 Å². The predicted octanol–water partition coefficient (Wildman–Crippen LogP) is 27.9. The summed E-state index contributed by atoms with van der Waals surface area (Å²) in [7, 11) is 0. The molecule has 0 amide bonds. The first-order chi connectivity index (χ1) is 63.5. The van der Waals surface area contributed by atoms with Gasteiger partial charge >= 0.3 is 0 Å². The van der Waals surface area contributed by atoms with Crippen LogP contribution in [-0.2, 0) is 0 Å². The van der Waals surface area contributed by atoms with Gasteiger partial charge in [-0.2, -0.15) is 0 Å². The Hall–Kier alpha value is -17.8. The lowest BCUT2D eigenvalue weighted by Gasteiger charge is -2.32. The van der Waals surface area contributed by atoms with Crippen molar-refractivity contribution in [2.45, 2.75) is 0 Å². The molecular formula is C112H72N16. The van der Waals surface area contributed by atoms with Crippen molar-refractivity contribution in [1.29, 1.82) is 0 Å². The first kappa shape index (κ1) is 75.2. The van der Waals surface area contributed by atoms with Crippen LogP contribution in [0.4, 0.5) is 68.6 Å². The Morgan fingerprint density at radius 1 is 0.203 bits per heavy atom. The Kier molecular flexibility index (Phi) is 19.1. The molecule has 0 atom stereocenters. The molecule has 14 aromatic carbocycles. The third-order valence-corrected chi connectivity index (χ3v) is 23.8. The van der Waals surface area contributed by atoms with Crippen molar-refractivity contribution in [2.75, 3.05) is 19.6 Å². The van der Waals surface area contributed by atoms with E-state index < -0.39 is 0 Å². The summed E-state index contributed by atoms with van der Waals surface area (Å²) in [5.41, 5.74) is 32.4. The largest absolute Gasteiger partial charge is 0.306 e. The molecule has 12 heterocycles. The van der Waals surface area contributed by atoms with E-state index >= 15 is 0 Å². The first-order valence-corrected chi connectivity index (χ1v) is 42.3. The van der Waals surface area contributed by atoms with Crippen LogP contribution in [0, 0.1) is 0 Å². The van der Waals surface area contributed by atoms with E-state index in [1.165, 1.54) is 54.9 Å². The maximum atomic E-state index is 5.26. The summed E-state index contributed by atoms with van der Waals surface area (Å²) in [4.78, 5) is 64.1. The lowest BCUT2D eigenvalue weighted by Crippen LogP contribution is -2.17. The minimum Gasteiger partial charge on any atom is -0.306 e. The van der Waals surface area contributed by atoms with Crippen molar-refractivity contribution in [2.24, 2.45) is 0 Å². The summed E-state index contributed by atoms with van der Waals surface area (Å²) in [6.07, 6.45) is 19.6. The molecule has 0 fully saturated rings. The van der Waals surface area contributed by atoms with Gasteiger partial charge < -0.3 is 4.90 Å². The molecule has 22 aromatic rings. The maximum Gasteiger partial charge on any atom is 0.160 e. The third kappa shape index (κ3) is 13.6. The highest BCUT2D eigenvalue weighted by molar-refractivity contribution is 6.18. The van der Waals surface area contributed by atoms with Gasteiger partial charge in [0.25, 0.3) is 0 Å². The molecule has 0 saturated carbocycles. The van der Waals surface area contributed by atoms with Gasteiger partial charge in [-0.3, -0.25) is 29.7 Å². The van der Waals surface area contributed by atoms with Gasteiger partial charge in [0.2, 0.25) is 0 Å². The fraction of sp³-hybridized carbons (Fsp3) is 0. The van der Waals surface area contributed by atoms with Gasteiger partial charge in [-0.1, -0.05) is 249 Å². The average Bonchev–Trinajstić information content (AvgIpc) is 0.720. The number of hydrogen-bond acceptors (Lipinski definition) is 16. The second-order valence-electron chi connectivity index (χ2n) is 31.3. The quantitative estimate of drug-likeness (QED) is 0.127. The number of benzene rings is 14. The number of pyridine rings is 4. The molecule has 128 heavy (non-hydrogen) atoms. The van der Waals surface area contributed by atoms with Crippen LogP contribution in [0.2, 0.25) is 0 Å². The van der Waals surface area contributed by atoms with Crippen molar-refractivity contribution < 1.29 is 0 Å². The zero-order valence-corrected chi connectivity index (χ0v) is 68.7. The summed E-state index contributed by atoms with van der Waals surface area (Å²) < 4.78 is 0. The highest BCUT2D eigenvalue weighted by Crippen LogP contribution is 2.56. The van der Waals surface area contributed by atoms with Crippen LogP contribution in [0.3, 0.4) is 0 Å². The van der Waals surface area contributed by atoms with E-state index in [1.807, 2.05) is 135 Å². The summed E-state index contributed by atoms with van der Waals surface area (Å²) in [6.45, 7) is 0. The van der Waals surface area contributed by atoms with Crippen molar-refractivity contribution in [3.8, 4) is 112 Å². The van der Waals surface area contributed by atoms with Gasteiger partial charge in [0.05, 0.1) is 90.6 Å². The van der Waals surface area contributed by atoms with E-state index in [0.29, 0.717) is 0 Å². The maximum absolute atomic E-state index is 5.26. The van der Waals surface area contributed by atoms with E-state index in [1.54, 1.807) is 19.0 Å². The number of para-hydroxylation sites is 2. The monoisotopic (exact) mass is 1640 g/mol. The fourth-order valence-electron chi connectivity index (χ4n) is 18.1. The Bertz CT molecular complexity index is 7380. The molecule has 0 bridgehead atoms. The molecule has 0 aliphatic carbocycles. The van der Waals surface area contributed by atoms with Gasteiger partial charge in [0.15, 0.2) is 5.82 Å². The number of aromatic nitrogens is 12. The van der Waals surface area contributed by atoms with Crippen molar-refractivity contribution >= 4 is 112 Å². The molecule has 16 heteroatoms. The standard InChI is InChI=1S/C37H24N4.3C25H16N4/c1-4-13-25(14-5-1)28-23-31(26-15-6-2-7-16-26)38-34(24-28)41-32-21-11-10-19-29(32)36-35-30(20-12-22-33(35)41)39-37(40-36)27-17-8-3-9-18-27;1-2-6-17(7-3-1)18-14-21-20-8-4-5-9-23(20)29(19-10-12-26-13-11-19)25-24(21)22(15-18)27-16-28-25;1-2-5-17(6-3-1)19-13-18-7-4-8-23-24(18)21(14-19)22-15-27-16-28-25(22)29(23)20-9-11-26-12-10-20;1-2-5-17(6-3-1)19-13-18-7-4-8-22-24(18)21(14-19)25-23(15-27-16-28-25)29(22)20-9-11-26-12-10-20/h1-24H;3*1-16H. The molecule has 16 nitrogen and oxygen atoms in total. The number of anilines is 12. The van der Waals surface area contributed by atoms with Crippen LogP contribution in [0.25, 0.3) is 155 Å². The molecule has 0 saturated heterocycles. The molecule has 26 rings (SSSR count). The van der Waals surface area contributed by atoms with Crippen LogP contribution >= 0.6 is 0 Å². The smallest absolute Gasteiger partial charge is 0.160 e. The van der Waals surface area contributed by atoms with E-state index in [4.69, 9.17) is 19.9 Å². The fourth-order valence-corrected chi connectivity index (χ4v) is 18.1. The van der Waals surface area contributed by atoms with E-state index in [-0.39, 0.29) is 0 Å². The number of hydrogen-bond donors (Lipinski definition) is 0. The van der Waals surface area contributed by atoms with Gasteiger partial charge in [-0.25, -0.2) is 44.9 Å². The van der Waals surface area contributed by atoms with E-state index in [9.17, 15) is 0 Å². The molecular weight excluding hydrogens is 1570 g/mol. The van der Waals surface area contributed by atoms with Gasteiger partial charge in [-0.15, -0.1) is 0 Å². The number of rotatable bonds is 10. The highest BCUT2D eigenvalue weighted by Gasteiger charge is 2.34. The van der Waals surface area contributed by atoms with Crippen molar-refractivity contribution in [3.63, 3.8) is 0 Å². The summed E-state index contributed by atoms with van der Waals surface area (Å²) in [5.74, 6) is 3.36. The Morgan fingerprint density at radius 2 is 0.641 bits per heavy atom. The minimum absolute atomic E-state index is 0.726. The number of nitrogens with zero attached hydrogens (tertiary/aromatic N) is 16. The lowest BCUT2D eigenvalue weighted by molar-refractivity contribution is 1.11. The van der Waals surface area contributed by atoms with Crippen molar-refractivity contribution in [3.05, 3.63) is 439 Å². The summed E-state index contributed by atoms with van der Waals surface area (Å²) in [5, 5.41) is 6.91. The van der Waals surface area contributed by atoms with E-state index in [2.05, 4.69) is 345 Å². The molecule has 600 valence electrons. The van der Waals surface area contributed by atoms with Crippen molar-refractivity contribution in [1.82, 2.24) is 59.8 Å². The number of fused-ring (bicyclic) bond motifs is 8. The summed E-state index contributed by atoms with van der Waals surface area (Å²) >= 11 is 0. The molecule has 0 radical (unpaired) electrons. The molecule has 0 spiro atoms. The van der Waals surface area contributed by atoms with E-state index in [0.717, 1.165) is 169 Å². The normalized spacial score (nSPS) is 12.0. The SMILES string of the molecule is c1ccc(-c2cc(-c3ccccc3)nc(N3c4ccccc4-c4nc(-c5ccccc5)nc5cccc3c45)c2)cc1.c1ccc(-c2cc3c4c(cccc4c2)N(c2ccncc2)c2cncnc2-3)cc1.c1ccc(-c2cc3c4c(cccc4c2)N(c2ccncc2)c2ncncc2-3)cc1.c1ccc(-c2cc3c4c(ncnc4c2)N(c2ccncc2)c2ccccc2-3)cc1. The lowest BCUT2D eigenvalue weighted by atomic mass is 9.90. The Morgan fingerprint density at radius 3 is 1.23 bits per heavy atom. The molecule has 4 aliphatic rings. The first-order valence-electron chi connectivity index (χ1n) is 42.3. The van der Waals surface area contributed by atoms with Gasteiger partial charge in [-0.05, 0) is 188 Å². The van der Waals surface area contributed by atoms with Gasteiger partial charge in [0, 0.05) is 93.2 Å². The molecule has 0 unspecified atom stereocenters. The topological polar surface area (TPSA) is 168 Å².